The quantitative estimate of drug-likeness (QED) is 0.682. The van der Waals surface area contributed by atoms with Crippen LogP contribution in [-0.2, 0) is 0 Å². The molecule has 1 aliphatic heterocycles. The molecular weight excluding hydrogens is 208 g/mol. The van der Waals surface area contributed by atoms with Crippen molar-refractivity contribution in [1.29, 1.82) is 0 Å². The van der Waals surface area contributed by atoms with Gasteiger partial charge in [0.15, 0.2) is 0 Å². The van der Waals surface area contributed by atoms with E-state index in [4.69, 9.17) is 11.6 Å². The van der Waals surface area contributed by atoms with Crippen molar-refractivity contribution >= 4 is 17.4 Å². The minimum Gasteiger partial charge on any atom is -0.355 e. The number of hydrogen-bond acceptors (Lipinski definition) is 2. The number of aryl methyl sites for hydroxylation is 1. The molecule has 0 aromatic carbocycles. The molecule has 2 atom stereocenters. The standard InChI is InChI=1S/C12H17ClN2/c1-9-5-7-15(8-11(9)13)12-10(2)4-3-6-14-12/h3-4,6,9,11H,5,7-8H2,1-2H3. The molecular formula is C12H17ClN2. The van der Waals surface area contributed by atoms with Gasteiger partial charge in [-0.15, -0.1) is 11.6 Å². The predicted octanol–water partition coefficient (Wildman–Crippen LogP) is 2.84. The maximum absolute atomic E-state index is 6.29. The van der Waals surface area contributed by atoms with Gasteiger partial charge in [-0.3, -0.25) is 0 Å². The fraction of sp³-hybridized carbons (Fsp3) is 0.583. The lowest BCUT2D eigenvalue weighted by Gasteiger charge is -2.35. The molecule has 1 fully saturated rings. The van der Waals surface area contributed by atoms with Crippen LogP contribution in [0.2, 0.25) is 0 Å². The molecule has 1 saturated heterocycles. The Hall–Kier alpha value is -0.760. The highest BCUT2D eigenvalue weighted by Gasteiger charge is 2.25. The highest BCUT2D eigenvalue weighted by molar-refractivity contribution is 6.21. The van der Waals surface area contributed by atoms with E-state index in [1.807, 2.05) is 12.3 Å². The van der Waals surface area contributed by atoms with Crippen LogP contribution >= 0.6 is 11.6 Å². The van der Waals surface area contributed by atoms with Gasteiger partial charge in [0.2, 0.25) is 0 Å². The molecule has 0 aliphatic carbocycles. The van der Waals surface area contributed by atoms with E-state index < -0.39 is 0 Å². The van der Waals surface area contributed by atoms with Crippen molar-refractivity contribution in [3.63, 3.8) is 0 Å². The topological polar surface area (TPSA) is 16.1 Å². The number of pyridine rings is 1. The van der Waals surface area contributed by atoms with Gasteiger partial charge in [0, 0.05) is 19.3 Å². The third-order valence-corrected chi connectivity index (χ3v) is 3.72. The molecule has 0 radical (unpaired) electrons. The Morgan fingerprint density at radius 3 is 3.00 bits per heavy atom. The first-order valence-electron chi connectivity index (χ1n) is 5.49. The van der Waals surface area contributed by atoms with Crippen LogP contribution in [0, 0.1) is 12.8 Å². The van der Waals surface area contributed by atoms with Gasteiger partial charge >= 0.3 is 0 Å². The molecule has 0 saturated carbocycles. The van der Waals surface area contributed by atoms with E-state index in [-0.39, 0.29) is 5.38 Å². The fourth-order valence-electron chi connectivity index (χ4n) is 2.02. The Morgan fingerprint density at radius 1 is 1.53 bits per heavy atom. The smallest absolute Gasteiger partial charge is 0.131 e. The molecule has 0 N–H and O–H groups in total. The van der Waals surface area contributed by atoms with Crippen LogP contribution in [0.25, 0.3) is 0 Å². The number of anilines is 1. The summed E-state index contributed by atoms with van der Waals surface area (Å²) in [5.74, 6) is 1.71. The maximum Gasteiger partial charge on any atom is 0.131 e. The van der Waals surface area contributed by atoms with E-state index in [0.717, 1.165) is 25.3 Å². The molecule has 2 rings (SSSR count). The van der Waals surface area contributed by atoms with Crippen LogP contribution in [0.5, 0.6) is 0 Å². The molecule has 0 amide bonds. The first kappa shape index (κ1) is 10.7. The van der Waals surface area contributed by atoms with Crippen LogP contribution in [0.3, 0.4) is 0 Å². The van der Waals surface area contributed by atoms with Crippen LogP contribution in [0.15, 0.2) is 18.3 Å². The van der Waals surface area contributed by atoms with E-state index >= 15 is 0 Å². The number of alkyl halides is 1. The van der Waals surface area contributed by atoms with Gasteiger partial charge in [-0.05, 0) is 30.9 Å². The summed E-state index contributed by atoms with van der Waals surface area (Å²) in [5.41, 5.74) is 1.23. The minimum atomic E-state index is 0.250. The maximum atomic E-state index is 6.29. The van der Waals surface area contributed by atoms with Gasteiger partial charge in [0.05, 0.1) is 5.38 Å². The van der Waals surface area contributed by atoms with Crippen molar-refractivity contribution < 1.29 is 0 Å². The summed E-state index contributed by atoms with van der Waals surface area (Å²) in [6.07, 6.45) is 3.01. The lowest BCUT2D eigenvalue weighted by Crippen LogP contribution is -2.41. The highest BCUT2D eigenvalue weighted by Crippen LogP contribution is 2.26. The van der Waals surface area contributed by atoms with Crippen molar-refractivity contribution in [2.24, 2.45) is 5.92 Å². The number of aromatic nitrogens is 1. The normalized spacial score (nSPS) is 26.7. The van der Waals surface area contributed by atoms with E-state index in [1.165, 1.54) is 5.56 Å². The molecule has 1 aliphatic rings. The molecule has 1 aromatic rings. The average Bonchev–Trinajstić information content (AvgIpc) is 2.23. The van der Waals surface area contributed by atoms with Crippen molar-refractivity contribution in [3.8, 4) is 0 Å². The largest absolute Gasteiger partial charge is 0.355 e. The van der Waals surface area contributed by atoms with Gasteiger partial charge in [-0.2, -0.15) is 0 Å². The lowest BCUT2D eigenvalue weighted by molar-refractivity contribution is 0.443. The molecule has 2 unspecified atom stereocenters. The van der Waals surface area contributed by atoms with Crippen molar-refractivity contribution in [1.82, 2.24) is 4.98 Å². The van der Waals surface area contributed by atoms with Crippen LogP contribution < -0.4 is 4.90 Å². The van der Waals surface area contributed by atoms with E-state index in [2.05, 4.69) is 29.8 Å². The zero-order valence-electron chi connectivity index (χ0n) is 9.28. The Morgan fingerprint density at radius 2 is 2.33 bits per heavy atom. The molecule has 3 heteroatoms. The molecule has 1 aromatic heterocycles. The van der Waals surface area contributed by atoms with Crippen LogP contribution in [-0.4, -0.2) is 23.5 Å². The number of halogens is 1. The molecule has 15 heavy (non-hydrogen) atoms. The Balaban J connectivity index is 2.15. The SMILES string of the molecule is Cc1cccnc1N1CCC(C)C(Cl)C1. The van der Waals surface area contributed by atoms with E-state index in [1.54, 1.807) is 0 Å². The fourth-order valence-corrected chi connectivity index (χ4v) is 2.32. The number of rotatable bonds is 1. The summed E-state index contributed by atoms with van der Waals surface area (Å²) < 4.78 is 0. The molecule has 2 heterocycles. The molecule has 0 bridgehead atoms. The first-order chi connectivity index (χ1) is 7.18. The predicted molar refractivity (Wildman–Crippen MR) is 64.6 cm³/mol. The lowest BCUT2D eigenvalue weighted by atomic mass is 9.98. The summed E-state index contributed by atoms with van der Waals surface area (Å²) in [7, 11) is 0. The third-order valence-electron chi connectivity index (χ3n) is 3.15. The first-order valence-corrected chi connectivity index (χ1v) is 5.93. The summed E-state index contributed by atoms with van der Waals surface area (Å²) in [6.45, 7) is 6.31. The second-order valence-electron chi connectivity index (χ2n) is 4.37. The highest BCUT2D eigenvalue weighted by atomic mass is 35.5. The van der Waals surface area contributed by atoms with Crippen LogP contribution in [0.4, 0.5) is 5.82 Å². The monoisotopic (exact) mass is 224 g/mol. The van der Waals surface area contributed by atoms with Gasteiger partial charge in [-0.25, -0.2) is 4.98 Å². The molecule has 2 nitrogen and oxygen atoms in total. The number of piperidine rings is 1. The summed E-state index contributed by atoms with van der Waals surface area (Å²) >= 11 is 6.29. The zero-order chi connectivity index (χ0) is 10.8. The summed E-state index contributed by atoms with van der Waals surface area (Å²) in [4.78, 5) is 6.73. The van der Waals surface area contributed by atoms with Crippen molar-refractivity contribution in [2.75, 3.05) is 18.0 Å². The summed E-state index contributed by atoms with van der Waals surface area (Å²) in [6, 6.07) is 4.08. The van der Waals surface area contributed by atoms with E-state index in [9.17, 15) is 0 Å². The number of nitrogens with zero attached hydrogens (tertiary/aromatic N) is 2. The molecule has 0 spiro atoms. The minimum absolute atomic E-state index is 0.250. The second kappa shape index (κ2) is 4.40. The van der Waals surface area contributed by atoms with Crippen molar-refractivity contribution in [3.05, 3.63) is 23.9 Å². The second-order valence-corrected chi connectivity index (χ2v) is 4.93. The Labute approximate surface area is 96.3 Å². The van der Waals surface area contributed by atoms with Gasteiger partial charge < -0.3 is 4.90 Å². The summed E-state index contributed by atoms with van der Waals surface area (Å²) in [5, 5.41) is 0.250. The molecule has 82 valence electrons. The van der Waals surface area contributed by atoms with Gasteiger partial charge in [0.1, 0.15) is 5.82 Å². The van der Waals surface area contributed by atoms with Gasteiger partial charge in [0.25, 0.3) is 0 Å². The average molecular weight is 225 g/mol. The third kappa shape index (κ3) is 2.25. The van der Waals surface area contributed by atoms with Crippen molar-refractivity contribution in [2.45, 2.75) is 25.6 Å². The Bertz CT molecular complexity index is 340. The zero-order valence-corrected chi connectivity index (χ0v) is 10.0. The van der Waals surface area contributed by atoms with Gasteiger partial charge in [-0.1, -0.05) is 13.0 Å². The van der Waals surface area contributed by atoms with Crippen LogP contribution in [0.1, 0.15) is 18.9 Å². The Kier molecular flexibility index (Phi) is 3.15. The van der Waals surface area contributed by atoms with E-state index in [0.29, 0.717) is 5.92 Å². The number of hydrogen-bond donors (Lipinski definition) is 0.